The van der Waals surface area contributed by atoms with Gasteiger partial charge in [0, 0.05) is 5.56 Å². The largest absolute Gasteiger partial charge is 0.508 e. The van der Waals surface area contributed by atoms with Gasteiger partial charge in [-0.15, -0.1) is 0 Å². The van der Waals surface area contributed by atoms with Gasteiger partial charge in [-0.1, -0.05) is 11.6 Å². The van der Waals surface area contributed by atoms with Crippen LogP contribution in [-0.4, -0.2) is 5.11 Å². The van der Waals surface area contributed by atoms with E-state index in [0.717, 1.165) is 0 Å². The molecule has 0 aromatic heterocycles. The number of aromatic hydroxyl groups is 1. The maximum Gasteiger partial charge on any atom is 0.125 e. The number of phenols is 1. The molecule has 19 heavy (non-hydrogen) atoms. The van der Waals surface area contributed by atoms with Crippen LogP contribution in [0.2, 0.25) is 5.02 Å². The molecule has 2 aromatic rings. The highest BCUT2D eigenvalue weighted by Crippen LogP contribution is 2.30. The average molecular weight is 284 g/mol. The van der Waals surface area contributed by atoms with Crippen LogP contribution in [0.1, 0.15) is 18.5 Å². The van der Waals surface area contributed by atoms with Gasteiger partial charge in [-0.3, -0.25) is 0 Å². The van der Waals surface area contributed by atoms with Crippen LogP contribution in [0.4, 0.5) is 14.5 Å². The maximum atomic E-state index is 13.2. The van der Waals surface area contributed by atoms with E-state index in [1.807, 2.05) is 0 Å². The molecule has 0 bridgehead atoms. The van der Waals surface area contributed by atoms with Crippen LogP contribution >= 0.6 is 11.6 Å². The molecule has 0 aliphatic rings. The zero-order valence-corrected chi connectivity index (χ0v) is 10.9. The molecule has 2 aromatic carbocycles. The van der Waals surface area contributed by atoms with E-state index < -0.39 is 17.7 Å². The SMILES string of the molecule is CC(Nc1cc(F)ccc1Cl)c1cc(F)ccc1O. The molecule has 5 heteroatoms. The topological polar surface area (TPSA) is 32.3 Å². The maximum absolute atomic E-state index is 13.2. The number of nitrogens with one attached hydrogen (secondary N) is 1. The van der Waals surface area contributed by atoms with Gasteiger partial charge in [0.2, 0.25) is 0 Å². The summed E-state index contributed by atoms with van der Waals surface area (Å²) < 4.78 is 26.3. The molecule has 2 rings (SSSR count). The average Bonchev–Trinajstić information content (AvgIpc) is 2.36. The molecule has 1 unspecified atom stereocenters. The molecule has 0 aliphatic carbocycles. The normalized spacial score (nSPS) is 12.2. The van der Waals surface area contributed by atoms with E-state index in [1.54, 1.807) is 6.92 Å². The lowest BCUT2D eigenvalue weighted by Crippen LogP contribution is -2.08. The summed E-state index contributed by atoms with van der Waals surface area (Å²) in [4.78, 5) is 0. The fourth-order valence-corrected chi connectivity index (χ4v) is 1.96. The van der Waals surface area contributed by atoms with Crippen LogP contribution in [0.25, 0.3) is 0 Å². The Bertz CT molecular complexity index is 604. The van der Waals surface area contributed by atoms with Gasteiger partial charge >= 0.3 is 0 Å². The number of phenolic OH excluding ortho intramolecular Hbond substituents is 1. The Labute approximate surface area is 114 Å². The lowest BCUT2D eigenvalue weighted by molar-refractivity contribution is 0.462. The van der Waals surface area contributed by atoms with Crippen molar-refractivity contribution >= 4 is 17.3 Å². The third-order valence-electron chi connectivity index (χ3n) is 2.76. The minimum absolute atomic E-state index is 0.0334. The first-order valence-corrected chi connectivity index (χ1v) is 6.05. The summed E-state index contributed by atoms with van der Waals surface area (Å²) >= 11 is 5.93. The Balaban J connectivity index is 2.27. The van der Waals surface area contributed by atoms with Gasteiger partial charge in [-0.05, 0) is 43.3 Å². The molecule has 0 saturated heterocycles. The molecule has 2 nitrogen and oxygen atoms in total. The standard InChI is InChI=1S/C14H12ClF2NO/c1-8(11-6-9(16)3-5-14(11)19)18-13-7-10(17)2-4-12(13)15/h2-8,18-19H,1H3. The number of hydrogen-bond donors (Lipinski definition) is 2. The minimum Gasteiger partial charge on any atom is -0.508 e. The fourth-order valence-electron chi connectivity index (χ4n) is 1.79. The smallest absolute Gasteiger partial charge is 0.125 e. The predicted molar refractivity (Wildman–Crippen MR) is 71.5 cm³/mol. The summed E-state index contributed by atoms with van der Waals surface area (Å²) in [6, 6.07) is 7.16. The highest BCUT2D eigenvalue weighted by atomic mass is 35.5. The number of anilines is 1. The van der Waals surface area contributed by atoms with Crippen LogP contribution in [0.3, 0.4) is 0 Å². The Morgan fingerprint density at radius 3 is 2.47 bits per heavy atom. The van der Waals surface area contributed by atoms with E-state index in [2.05, 4.69) is 5.32 Å². The first-order chi connectivity index (χ1) is 8.97. The minimum atomic E-state index is -0.452. The Kier molecular flexibility index (Phi) is 3.90. The van der Waals surface area contributed by atoms with Gasteiger partial charge in [-0.2, -0.15) is 0 Å². The highest BCUT2D eigenvalue weighted by Gasteiger charge is 2.13. The first kappa shape index (κ1) is 13.6. The van der Waals surface area contributed by atoms with Crippen molar-refractivity contribution < 1.29 is 13.9 Å². The Hall–Kier alpha value is -1.81. The third kappa shape index (κ3) is 3.15. The number of benzene rings is 2. The van der Waals surface area contributed by atoms with E-state index in [-0.39, 0.29) is 5.75 Å². The molecule has 100 valence electrons. The summed E-state index contributed by atoms with van der Waals surface area (Å²) in [6.45, 7) is 1.72. The molecule has 0 fully saturated rings. The van der Waals surface area contributed by atoms with Gasteiger partial charge in [-0.25, -0.2) is 8.78 Å². The van der Waals surface area contributed by atoms with Crippen molar-refractivity contribution in [2.75, 3.05) is 5.32 Å². The van der Waals surface area contributed by atoms with Crippen LogP contribution < -0.4 is 5.32 Å². The van der Waals surface area contributed by atoms with Gasteiger partial charge < -0.3 is 10.4 Å². The quantitative estimate of drug-likeness (QED) is 0.869. The van der Waals surface area contributed by atoms with Crippen molar-refractivity contribution in [3.05, 3.63) is 58.6 Å². The van der Waals surface area contributed by atoms with Gasteiger partial charge in [0.05, 0.1) is 16.8 Å². The van der Waals surface area contributed by atoms with Crippen LogP contribution in [0.15, 0.2) is 36.4 Å². The monoisotopic (exact) mass is 283 g/mol. The second-order valence-electron chi connectivity index (χ2n) is 4.19. The summed E-state index contributed by atoms with van der Waals surface area (Å²) in [5, 5.41) is 13.0. The van der Waals surface area contributed by atoms with Crippen molar-refractivity contribution in [2.24, 2.45) is 0 Å². The molecular formula is C14H12ClF2NO. The molecular weight excluding hydrogens is 272 g/mol. The molecule has 0 spiro atoms. The zero-order chi connectivity index (χ0) is 14.0. The van der Waals surface area contributed by atoms with Crippen molar-refractivity contribution in [1.82, 2.24) is 0 Å². The van der Waals surface area contributed by atoms with Gasteiger partial charge in [0.1, 0.15) is 17.4 Å². The van der Waals surface area contributed by atoms with E-state index in [4.69, 9.17) is 11.6 Å². The summed E-state index contributed by atoms with van der Waals surface area (Å²) in [6.07, 6.45) is 0. The number of rotatable bonds is 3. The van der Waals surface area contributed by atoms with Crippen molar-refractivity contribution in [2.45, 2.75) is 13.0 Å². The third-order valence-corrected chi connectivity index (χ3v) is 3.09. The van der Waals surface area contributed by atoms with Gasteiger partial charge in [0.15, 0.2) is 0 Å². The molecule has 2 N–H and O–H groups in total. The van der Waals surface area contributed by atoms with Crippen molar-refractivity contribution in [1.29, 1.82) is 0 Å². The van der Waals surface area contributed by atoms with E-state index in [0.29, 0.717) is 16.3 Å². The second-order valence-corrected chi connectivity index (χ2v) is 4.60. The summed E-state index contributed by atoms with van der Waals surface area (Å²) in [5.41, 5.74) is 0.762. The number of hydrogen-bond acceptors (Lipinski definition) is 2. The van der Waals surface area contributed by atoms with Crippen molar-refractivity contribution in [3.63, 3.8) is 0 Å². The number of halogens is 3. The molecule has 0 aliphatic heterocycles. The fraction of sp³-hybridized carbons (Fsp3) is 0.143. The molecule has 0 heterocycles. The Morgan fingerprint density at radius 1 is 1.11 bits per heavy atom. The first-order valence-electron chi connectivity index (χ1n) is 5.67. The highest BCUT2D eigenvalue weighted by molar-refractivity contribution is 6.33. The van der Waals surface area contributed by atoms with Crippen LogP contribution in [0, 0.1) is 11.6 Å². The molecule has 0 saturated carbocycles. The molecule has 0 amide bonds. The van der Waals surface area contributed by atoms with Gasteiger partial charge in [0.25, 0.3) is 0 Å². The van der Waals surface area contributed by atoms with Crippen molar-refractivity contribution in [3.8, 4) is 5.75 Å². The zero-order valence-electron chi connectivity index (χ0n) is 10.1. The molecule has 0 radical (unpaired) electrons. The predicted octanol–water partition coefficient (Wildman–Crippen LogP) is 4.50. The van der Waals surface area contributed by atoms with E-state index >= 15 is 0 Å². The Morgan fingerprint density at radius 2 is 1.74 bits per heavy atom. The second kappa shape index (κ2) is 5.45. The van der Waals surface area contributed by atoms with E-state index in [9.17, 15) is 13.9 Å². The lowest BCUT2D eigenvalue weighted by Gasteiger charge is -2.18. The van der Waals surface area contributed by atoms with Crippen LogP contribution in [-0.2, 0) is 0 Å². The van der Waals surface area contributed by atoms with E-state index in [1.165, 1.54) is 36.4 Å². The lowest BCUT2D eigenvalue weighted by atomic mass is 10.1. The van der Waals surface area contributed by atoms with Crippen LogP contribution in [0.5, 0.6) is 5.75 Å². The summed E-state index contributed by atoms with van der Waals surface area (Å²) in [5.74, 6) is -0.914. The summed E-state index contributed by atoms with van der Waals surface area (Å²) in [7, 11) is 0. The molecule has 1 atom stereocenters.